The minimum atomic E-state index is -0.217. The number of rotatable bonds is 5. The molecular formula is C22H24FN5O. The maximum Gasteiger partial charge on any atom is 0.251 e. The quantitative estimate of drug-likeness (QED) is 0.693. The molecule has 7 heteroatoms. The Kier molecular flexibility index (Phi) is 5.55. The van der Waals surface area contributed by atoms with Crippen molar-refractivity contribution in [3.05, 3.63) is 70.5 Å². The number of halogens is 1. The number of aromatic nitrogens is 3. The van der Waals surface area contributed by atoms with Gasteiger partial charge in [-0.3, -0.25) is 4.79 Å². The van der Waals surface area contributed by atoms with Gasteiger partial charge in [-0.1, -0.05) is 19.1 Å². The molecule has 0 radical (unpaired) electrons. The number of nitrogens with one attached hydrogen (secondary N) is 2. The van der Waals surface area contributed by atoms with E-state index in [1.807, 2.05) is 25.1 Å². The fourth-order valence-electron chi connectivity index (χ4n) is 3.59. The normalized spacial score (nSPS) is 14.8. The lowest BCUT2D eigenvalue weighted by atomic mass is 10.0. The number of benzene rings is 1. The van der Waals surface area contributed by atoms with Crippen molar-refractivity contribution in [1.29, 1.82) is 0 Å². The molecule has 1 saturated heterocycles. The van der Waals surface area contributed by atoms with Crippen LogP contribution in [0.15, 0.2) is 53.5 Å². The average molecular weight is 393 g/mol. The number of piperidine rings is 1. The molecule has 3 heterocycles. The van der Waals surface area contributed by atoms with Crippen molar-refractivity contribution in [2.24, 2.45) is 0 Å². The van der Waals surface area contributed by atoms with Crippen molar-refractivity contribution in [3.63, 3.8) is 0 Å². The van der Waals surface area contributed by atoms with Crippen LogP contribution in [-0.4, -0.2) is 34.1 Å². The summed E-state index contributed by atoms with van der Waals surface area (Å²) < 4.78 is 13.8. The molecule has 2 N–H and O–H groups in total. The highest BCUT2D eigenvalue weighted by Crippen LogP contribution is 2.23. The number of nitrogens with zero attached hydrogens (tertiary/aromatic N) is 3. The van der Waals surface area contributed by atoms with Crippen LogP contribution in [0.2, 0.25) is 0 Å². The predicted molar refractivity (Wildman–Crippen MR) is 113 cm³/mol. The molecule has 0 aliphatic carbocycles. The molecule has 29 heavy (non-hydrogen) atoms. The molecule has 2 aromatic heterocycles. The van der Waals surface area contributed by atoms with E-state index in [2.05, 4.69) is 25.2 Å². The molecule has 0 unspecified atom stereocenters. The Hall–Kier alpha value is -3.22. The Labute approximate surface area is 168 Å². The highest BCUT2D eigenvalue weighted by molar-refractivity contribution is 5.56. The van der Waals surface area contributed by atoms with Crippen molar-refractivity contribution >= 4 is 11.5 Å². The van der Waals surface area contributed by atoms with E-state index in [0.717, 1.165) is 43.0 Å². The van der Waals surface area contributed by atoms with Crippen molar-refractivity contribution in [1.82, 2.24) is 15.0 Å². The molecule has 0 atom stereocenters. The Bertz CT molecular complexity index is 1030. The summed E-state index contributed by atoms with van der Waals surface area (Å²) in [5.74, 6) is 1.22. The van der Waals surface area contributed by atoms with Gasteiger partial charge in [0, 0.05) is 42.7 Å². The van der Waals surface area contributed by atoms with Gasteiger partial charge in [-0.2, -0.15) is 0 Å². The Morgan fingerprint density at radius 1 is 1.21 bits per heavy atom. The van der Waals surface area contributed by atoms with E-state index >= 15 is 0 Å². The van der Waals surface area contributed by atoms with E-state index in [-0.39, 0.29) is 17.4 Å². The topological polar surface area (TPSA) is 73.9 Å². The van der Waals surface area contributed by atoms with Gasteiger partial charge >= 0.3 is 0 Å². The summed E-state index contributed by atoms with van der Waals surface area (Å²) in [5.41, 5.74) is 1.96. The van der Waals surface area contributed by atoms with Crippen LogP contribution in [-0.2, 0) is 6.42 Å². The summed E-state index contributed by atoms with van der Waals surface area (Å²) in [4.78, 5) is 25.8. The molecule has 1 aliphatic heterocycles. The largest absolute Gasteiger partial charge is 0.380 e. The van der Waals surface area contributed by atoms with Crippen molar-refractivity contribution in [2.45, 2.75) is 32.2 Å². The van der Waals surface area contributed by atoms with Crippen molar-refractivity contribution in [3.8, 4) is 11.4 Å². The van der Waals surface area contributed by atoms with E-state index < -0.39 is 0 Å². The fraction of sp³-hybridized carbons (Fsp3) is 0.318. The lowest BCUT2D eigenvalue weighted by Crippen LogP contribution is -2.39. The molecule has 0 saturated carbocycles. The zero-order valence-corrected chi connectivity index (χ0v) is 16.4. The van der Waals surface area contributed by atoms with Crippen LogP contribution in [0.1, 0.15) is 25.5 Å². The lowest BCUT2D eigenvalue weighted by Gasteiger charge is -2.33. The summed E-state index contributed by atoms with van der Waals surface area (Å²) >= 11 is 0. The molecule has 4 rings (SSSR count). The highest BCUT2D eigenvalue weighted by Gasteiger charge is 2.21. The molecule has 1 aromatic carbocycles. The average Bonchev–Trinajstić information content (AvgIpc) is 2.75. The first-order valence-electron chi connectivity index (χ1n) is 9.95. The predicted octanol–water partition coefficient (Wildman–Crippen LogP) is 3.61. The molecular weight excluding hydrogens is 369 g/mol. The van der Waals surface area contributed by atoms with Gasteiger partial charge in [0.25, 0.3) is 5.56 Å². The van der Waals surface area contributed by atoms with E-state index in [1.54, 1.807) is 18.3 Å². The summed E-state index contributed by atoms with van der Waals surface area (Å²) in [6.07, 6.45) is 4.27. The van der Waals surface area contributed by atoms with E-state index in [9.17, 15) is 9.18 Å². The molecule has 0 spiro atoms. The van der Waals surface area contributed by atoms with Crippen LogP contribution < -0.4 is 15.8 Å². The number of anilines is 2. The summed E-state index contributed by atoms with van der Waals surface area (Å²) in [6.45, 7) is 3.66. The second-order valence-electron chi connectivity index (χ2n) is 7.23. The minimum absolute atomic E-state index is 0.152. The van der Waals surface area contributed by atoms with Gasteiger partial charge in [0.2, 0.25) is 0 Å². The minimum Gasteiger partial charge on any atom is -0.380 e. The number of para-hydroxylation sites is 1. The first-order chi connectivity index (χ1) is 14.1. The fourth-order valence-corrected chi connectivity index (χ4v) is 3.59. The van der Waals surface area contributed by atoms with Gasteiger partial charge in [0.1, 0.15) is 17.5 Å². The van der Waals surface area contributed by atoms with Gasteiger partial charge in [-0.15, -0.1) is 0 Å². The molecule has 0 bridgehead atoms. The number of H-pyrrole nitrogens is 1. The van der Waals surface area contributed by atoms with Crippen LogP contribution in [0, 0.1) is 5.82 Å². The molecule has 3 aromatic rings. The van der Waals surface area contributed by atoms with Gasteiger partial charge in [-0.25, -0.2) is 14.4 Å². The monoisotopic (exact) mass is 393 g/mol. The van der Waals surface area contributed by atoms with Crippen LogP contribution in [0.25, 0.3) is 11.4 Å². The number of hydrogen-bond acceptors (Lipinski definition) is 5. The van der Waals surface area contributed by atoms with Gasteiger partial charge in [0.05, 0.1) is 5.69 Å². The number of pyridine rings is 1. The summed E-state index contributed by atoms with van der Waals surface area (Å²) in [5, 5.41) is 3.30. The third-order valence-corrected chi connectivity index (χ3v) is 5.23. The molecule has 0 amide bonds. The highest BCUT2D eigenvalue weighted by atomic mass is 19.1. The van der Waals surface area contributed by atoms with Crippen LogP contribution in [0.5, 0.6) is 0 Å². The van der Waals surface area contributed by atoms with Crippen molar-refractivity contribution < 1.29 is 4.39 Å². The lowest BCUT2D eigenvalue weighted by molar-refractivity contribution is 0.519. The van der Waals surface area contributed by atoms with Gasteiger partial charge in [-0.05, 0) is 43.5 Å². The third kappa shape index (κ3) is 4.45. The molecule has 150 valence electrons. The Balaban J connectivity index is 1.40. The van der Waals surface area contributed by atoms with E-state index in [0.29, 0.717) is 17.9 Å². The van der Waals surface area contributed by atoms with E-state index in [1.165, 1.54) is 12.1 Å². The SMILES string of the molecule is CCc1cc(=O)[nH]c(-c2ccc(N3CCC(Nc4ccccc4F)CC3)nc2)n1. The first kappa shape index (κ1) is 19.1. The molecule has 1 fully saturated rings. The second-order valence-corrected chi connectivity index (χ2v) is 7.23. The van der Waals surface area contributed by atoms with Crippen LogP contribution in [0.3, 0.4) is 0 Å². The maximum absolute atomic E-state index is 13.8. The van der Waals surface area contributed by atoms with Gasteiger partial charge in [0.15, 0.2) is 0 Å². The van der Waals surface area contributed by atoms with Crippen molar-refractivity contribution in [2.75, 3.05) is 23.3 Å². The summed E-state index contributed by atoms with van der Waals surface area (Å²) in [7, 11) is 0. The molecule has 1 aliphatic rings. The van der Waals surface area contributed by atoms with Crippen LogP contribution >= 0.6 is 0 Å². The summed E-state index contributed by atoms with van der Waals surface area (Å²) in [6, 6.07) is 12.4. The number of hydrogen-bond donors (Lipinski definition) is 2. The maximum atomic E-state index is 13.8. The number of aryl methyl sites for hydroxylation is 1. The third-order valence-electron chi connectivity index (χ3n) is 5.23. The van der Waals surface area contributed by atoms with Crippen LogP contribution in [0.4, 0.5) is 15.9 Å². The first-order valence-corrected chi connectivity index (χ1v) is 9.95. The Morgan fingerprint density at radius 3 is 2.69 bits per heavy atom. The number of aromatic amines is 1. The smallest absolute Gasteiger partial charge is 0.251 e. The zero-order chi connectivity index (χ0) is 20.2. The van der Waals surface area contributed by atoms with Gasteiger partial charge < -0.3 is 15.2 Å². The standard InChI is InChI=1S/C22H24FN5O/c1-2-16-13-21(29)27-22(26-16)15-7-8-20(24-14-15)28-11-9-17(10-12-28)25-19-6-4-3-5-18(19)23/h3-8,13-14,17,25H,2,9-12H2,1H3,(H,26,27,29). The second kappa shape index (κ2) is 8.43. The zero-order valence-electron chi connectivity index (χ0n) is 16.4. The molecule has 6 nitrogen and oxygen atoms in total. The van der Waals surface area contributed by atoms with E-state index in [4.69, 9.17) is 0 Å². The Morgan fingerprint density at radius 2 is 2.00 bits per heavy atom.